The second-order valence-corrected chi connectivity index (χ2v) is 7.93. The zero-order valence-corrected chi connectivity index (χ0v) is 15.6. The Kier molecular flexibility index (Phi) is 5.02. The first kappa shape index (κ1) is 18.1. The molecule has 0 aliphatic carbocycles. The van der Waals surface area contributed by atoms with Crippen molar-refractivity contribution in [2.24, 2.45) is 0 Å². The summed E-state index contributed by atoms with van der Waals surface area (Å²) < 4.78 is 11.4. The van der Waals surface area contributed by atoms with Gasteiger partial charge in [0.2, 0.25) is 0 Å². The first-order valence-electron chi connectivity index (χ1n) is 8.59. The number of hydrogen-bond donors (Lipinski definition) is 1. The van der Waals surface area contributed by atoms with Crippen molar-refractivity contribution in [3.05, 3.63) is 23.2 Å². The molecule has 0 bridgehead atoms. The molecule has 2 aliphatic heterocycles. The molecule has 6 nitrogen and oxygen atoms in total. The van der Waals surface area contributed by atoms with Crippen LogP contribution in [0.1, 0.15) is 27.2 Å². The van der Waals surface area contributed by atoms with Gasteiger partial charge in [-0.05, 0) is 32.9 Å². The maximum atomic E-state index is 12.4. The molecule has 7 heteroatoms. The summed E-state index contributed by atoms with van der Waals surface area (Å²) in [6.45, 7) is 7.25. The van der Waals surface area contributed by atoms with E-state index in [1.54, 1.807) is 11.0 Å². The number of carbonyl (C=O) groups excluding carboxylic acids is 1. The van der Waals surface area contributed by atoms with Crippen molar-refractivity contribution in [2.75, 3.05) is 31.1 Å². The third-order valence-electron chi connectivity index (χ3n) is 4.41. The van der Waals surface area contributed by atoms with Gasteiger partial charge < -0.3 is 24.4 Å². The lowest BCUT2D eigenvalue weighted by Crippen LogP contribution is -2.56. The van der Waals surface area contributed by atoms with Gasteiger partial charge in [-0.25, -0.2) is 4.79 Å². The molecule has 0 saturated carbocycles. The molecular formula is C18H25ClN2O4. The second-order valence-electron chi connectivity index (χ2n) is 7.52. The van der Waals surface area contributed by atoms with E-state index in [1.165, 1.54) is 0 Å². The highest BCUT2D eigenvalue weighted by atomic mass is 35.5. The van der Waals surface area contributed by atoms with Gasteiger partial charge in [-0.3, -0.25) is 0 Å². The zero-order valence-electron chi connectivity index (χ0n) is 14.9. The van der Waals surface area contributed by atoms with Crippen LogP contribution in [-0.2, 0) is 4.74 Å². The molecule has 1 N–H and O–H groups in total. The molecule has 3 rings (SSSR count). The third-order valence-corrected chi connectivity index (χ3v) is 4.71. The van der Waals surface area contributed by atoms with Gasteiger partial charge in [-0.1, -0.05) is 17.7 Å². The van der Waals surface area contributed by atoms with Crippen LogP contribution in [0.3, 0.4) is 0 Å². The van der Waals surface area contributed by atoms with Crippen molar-refractivity contribution in [3.8, 4) is 5.75 Å². The number of aliphatic hydroxyl groups excluding tert-OH is 1. The van der Waals surface area contributed by atoms with E-state index in [0.29, 0.717) is 36.8 Å². The van der Waals surface area contributed by atoms with Crippen molar-refractivity contribution in [1.29, 1.82) is 0 Å². The zero-order chi connectivity index (χ0) is 18.2. The molecule has 0 unspecified atom stereocenters. The summed E-state index contributed by atoms with van der Waals surface area (Å²) in [5.41, 5.74) is 0.395. The summed E-state index contributed by atoms with van der Waals surface area (Å²) in [7, 11) is 0. The van der Waals surface area contributed by atoms with Crippen molar-refractivity contribution >= 4 is 23.4 Å². The first-order valence-corrected chi connectivity index (χ1v) is 8.97. The molecule has 1 aromatic rings. The molecule has 1 saturated heterocycles. The first-order chi connectivity index (χ1) is 11.8. The highest BCUT2D eigenvalue weighted by Gasteiger charge is 2.37. The number of hydrogen-bond acceptors (Lipinski definition) is 5. The van der Waals surface area contributed by atoms with Crippen LogP contribution >= 0.6 is 11.6 Å². The van der Waals surface area contributed by atoms with Crippen molar-refractivity contribution in [3.63, 3.8) is 0 Å². The van der Waals surface area contributed by atoms with E-state index >= 15 is 0 Å². The molecule has 0 aromatic heterocycles. The van der Waals surface area contributed by atoms with E-state index in [2.05, 4.69) is 4.90 Å². The van der Waals surface area contributed by atoms with Crippen LogP contribution < -0.4 is 9.64 Å². The highest BCUT2D eigenvalue weighted by Crippen LogP contribution is 2.41. The number of para-hydroxylation sites is 1. The fourth-order valence-corrected chi connectivity index (χ4v) is 3.55. The maximum absolute atomic E-state index is 12.4. The quantitative estimate of drug-likeness (QED) is 0.825. The lowest BCUT2D eigenvalue weighted by molar-refractivity contribution is 0.0197. The Morgan fingerprint density at radius 2 is 2.16 bits per heavy atom. The number of carbonyl (C=O) groups is 1. The van der Waals surface area contributed by atoms with Crippen molar-refractivity contribution in [1.82, 2.24) is 4.90 Å². The average Bonchev–Trinajstić information content (AvgIpc) is 2.70. The number of anilines is 1. The number of aliphatic hydroxyl groups is 1. The number of fused-ring (bicyclic) bond motifs is 3. The van der Waals surface area contributed by atoms with Gasteiger partial charge in [-0.15, -0.1) is 0 Å². The minimum absolute atomic E-state index is 0.0399. The Bertz CT molecular complexity index is 646. The number of halogens is 1. The van der Waals surface area contributed by atoms with E-state index in [0.717, 1.165) is 5.69 Å². The summed E-state index contributed by atoms with van der Waals surface area (Å²) >= 11 is 6.30. The number of piperazine rings is 1. The molecule has 2 aliphatic rings. The topological polar surface area (TPSA) is 62.2 Å². The average molecular weight is 369 g/mol. The summed E-state index contributed by atoms with van der Waals surface area (Å²) in [5, 5.41) is 10.2. The lowest BCUT2D eigenvalue weighted by atomic mass is 10.0. The highest BCUT2D eigenvalue weighted by molar-refractivity contribution is 6.32. The van der Waals surface area contributed by atoms with E-state index < -0.39 is 5.60 Å². The molecule has 1 fully saturated rings. The van der Waals surface area contributed by atoms with Gasteiger partial charge in [0.15, 0.2) is 5.75 Å². The van der Waals surface area contributed by atoms with E-state index in [4.69, 9.17) is 21.1 Å². The Morgan fingerprint density at radius 3 is 2.84 bits per heavy atom. The lowest BCUT2D eigenvalue weighted by Gasteiger charge is -2.42. The number of amides is 1. The summed E-state index contributed by atoms with van der Waals surface area (Å²) in [5.74, 6) is 0.608. The third kappa shape index (κ3) is 3.96. The van der Waals surface area contributed by atoms with Crippen molar-refractivity contribution < 1.29 is 19.4 Å². The fraction of sp³-hybridized carbons (Fsp3) is 0.611. The molecule has 1 aromatic carbocycles. The monoisotopic (exact) mass is 368 g/mol. The summed E-state index contributed by atoms with van der Waals surface area (Å²) in [4.78, 5) is 16.4. The Morgan fingerprint density at radius 1 is 1.40 bits per heavy atom. The maximum Gasteiger partial charge on any atom is 0.410 e. The van der Waals surface area contributed by atoms with Crippen LogP contribution in [0.5, 0.6) is 5.75 Å². The van der Waals surface area contributed by atoms with Gasteiger partial charge in [0.05, 0.1) is 23.4 Å². The normalized spacial score (nSPS) is 23.2. The van der Waals surface area contributed by atoms with Crippen molar-refractivity contribution in [2.45, 2.75) is 44.9 Å². The van der Waals surface area contributed by atoms with E-state index in [9.17, 15) is 9.90 Å². The van der Waals surface area contributed by atoms with Crippen LogP contribution in [0.25, 0.3) is 0 Å². The van der Waals surface area contributed by atoms with Gasteiger partial charge in [0.1, 0.15) is 11.7 Å². The summed E-state index contributed by atoms with van der Waals surface area (Å²) in [6, 6.07) is 5.68. The largest absolute Gasteiger partial charge is 0.484 e. The number of benzene rings is 1. The predicted octanol–water partition coefficient (Wildman–Crippen LogP) is 2.91. The number of ether oxygens (including phenoxy) is 2. The standard InChI is InChI=1S/C18H25ClN2O4/c1-18(2,3)25-17(23)20-7-8-21-12(10-20)9-13(11-22)24-16-14(19)5-4-6-15(16)21/h4-6,12-13,22H,7-11H2,1-3H3/t12-,13+/m1/s1. The minimum Gasteiger partial charge on any atom is -0.484 e. The second kappa shape index (κ2) is 6.92. The van der Waals surface area contributed by atoms with Crippen LogP contribution in [0.15, 0.2) is 18.2 Å². The molecule has 1 amide bonds. The van der Waals surface area contributed by atoms with Gasteiger partial charge in [0.25, 0.3) is 0 Å². The van der Waals surface area contributed by atoms with Crippen LogP contribution in [0, 0.1) is 0 Å². The number of nitrogens with zero attached hydrogens (tertiary/aromatic N) is 2. The van der Waals surface area contributed by atoms with Gasteiger partial charge >= 0.3 is 6.09 Å². The summed E-state index contributed by atoms with van der Waals surface area (Å²) in [6.07, 6.45) is -0.0442. The molecule has 138 valence electrons. The molecule has 0 radical (unpaired) electrons. The van der Waals surface area contributed by atoms with Crippen LogP contribution in [-0.4, -0.2) is 60.1 Å². The van der Waals surface area contributed by atoms with Gasteiger partial charge in [-0.2, -0.15) is 0 Å². The molecule has 0 spiro atoms. The molecule has 25 heavy (non-hydrogen) atoms. The minimum atomic E-state index is -0.519. The van der Waals surface area contributed by atoms with Crippen LogP contribution in [0.2, 0.25) is 5.02 Å². The number of rotatable bonds is 1. The Hall–Kier alpha value is -1.66. The van der Waals surface area contributed by atoms with E-state index in [-0.39, 0.29) is 24.8 Å². The van der Waals surface area contributed by atoms with E-state index in [1.807, 2.05) is 32.9 Å². The molecule has 2 atom stereocenters. The molecule has 2 heterocycles. The SMILES string of the molecule is CC(C)(C)OC(=O)N1CCN2c3cccc(Cl)c3O[C@H](CO)C[C@@H]2C1. The Balaban J connectivity index is 1.83. The Labute approximate surface area is 153 Å². The molecular weight excluding hydrogens is 344 g/mol. The fourth-order valence-electron chi connectivity index (χ4n) is 3.34. The smallest absolute Gasteiger partial charge is 0.410 e. The predicted molar refractivity (Wildman–Crippen MR) is 96.5 cm³/mol. The van der Waals surface area contributed by atoms with Crippen LogP contribution in [0.4, 0.5) is 10.5 Å². The van der Waals surface area contributed by atoms with Gasteiger partial charge in [0, 0.05) is 26.1 Å².